The van der Waals surface area contributed by atoms with Crippen LogP contribution < -0.4 is 4.72 Å². The van der Waals surface area contributed by atoms with Crippen molar-refractivity contribution in [3.63, 3.8) is 0 Å². The molecule has 1 amide bonds. The highest BCUT2D eigenvalue weighted by atomic mass is 32.2. The standard InChI is InChI=1S/C13H17NO3S/c1-10-6-8-12(9-7-10)18(16,17)14-13(15)11-4-2-3-5-11/h6-9,11H,2-5H2,1H3,(H,14,15). The van der Waals surface area contributed by atoms with Crippen LogP contribution in [0.4, 0.5) is 0 Å². The SMILES string of the molecule is Cc1ccc(S(=O)(=O)NC(=O)C2CCCC2)cc1. The highest BCUT2D eigenvalue weighted by Crippen LogP contribution is 2.25. The Balaban J connectivity index is 2.11. The van der Waals surface area contributed by atoms with Crippen molar-refractivity contribution in [1.29, 1.82) is 0 Å². The van der Waals surface area contributed by atoms with Crippen LogP contribution in [0.2, 0.25) is 0 Å². The van der Waals surface area contributed by atoms with Crippen molar-refractivity contribution in [2.45, 2.75) is 37.5 Å². The number of hydrogen-bond acceptors (Lipinski definition) is 3. The van der Waals surface area contributed by atoms with E-state index in [1.54, 1.807) is 12.1 Å². The van der Waals surface area contributed by atoms with Gasteiger partial charge in [-0.1, -0.05) is 30.5 Å². The molecule has 0 unspecified atom stereocenters. The van der Waals surface area contributed by atoms with E-state index >= 15 is 0 Å². The van der Waals surface area contributed by atoms with Crippen LogP contribution in [0.5, 0.6) is 0 Å². The molecule has 1 aromatic rings. The van der Waals surface area contributed by atoms with Crippen LogP contribution >= 0.6 is 0 Å². The van der Waals surface area contributed by atoms with Gasteiger partial charge in [0, 0.05) is 5.92 Å². The number of hydrogen-bond donors (Lipinski definition) is 1. The average molecular weight is 267 g/mol. The van der Waals surface area contributed by atoms with Gasteiger partial charge in [0.25, 0.3) is 10.0 Å². The zero-order valence-electron chi connectivity index (χ0n) is 10.3. The number of amides is 1. The summed E-state index contributed by atoms with van der Waals surface area (Å²) in [6.45, 7) is 1.88. The molecule has 0 saturated heterocycles. The lowest BCUT2D eigenvalue weighted by Crippen LogP contribution is -2.34. The molecule has 0 atom stereocenters. The van der Waals surface area contributed by atoms with Crippen LogP contribution in [0.15, 0.2) is 29.2 Å². The van der Waals surface area contributed by atoms with Gasteiger partial charge in [0.15, 0.2) is 0 Å². The largest absolute Gasteiger partial charge is 0.274 e. The molecule has 2 rings (SSSR count). The van der Waals surface area contributed by atoms with Crippen LogP contribution in [-0.4, -0.2) is 14.3 Å². The Morgan fingerprint density at radius 3 is 2.28 bits per heavy atom. The number of nitrogens with one attached hydrogen (secondary N) is 1. The van der Waals surface area contributed by atoms with E-state index in [4.69, 9.17) is 0 Å². The maximum atomic E-state index is 12.0. The number of carbonyl (C=O) groups is 1. The van der Waals surface area contributed by atoms with Crippen molar-refractivity contribution in [1.82, 2.24) is 4.72 Å². The van der Waals surface area contributed by atoms with Crippen LogP contribution in [0.25, 0.3) is 0 Å². The molecular weight excluding hydrogens is 250 g/mol. The van der Waals surface area contributed by atoms with E-state index in [2.05, 4.69) is 4.72 Å². The van der Waals surface area contributed by atoms with Crippen molar-refractivity contribution < 1.29 is 13.2 Å². The molecule has 1 aliphatic carbocycles. The lowest BCUT2D eigenvalue weighted by Gasteiger charge is -2.11. The third-order valence-electron chi connectivity index (χ3n) is 3.29. The van der Waals surface area contributed by atoms with Gasteiger partial charge in [0.05, 0.1) is 4.90 Å². The van der Waals surface area contributed by atoms with Gasteiger partial charge in [0.1, 0.15) is 0 Å². The Bertz CT molecular complexity index is 528. The molecular formula is C13H17NO3S. The highest BCUT2D eigenvalue weighted by Gasteiger charge is 2.26. The maximum Gasteiger partial charge on any atom is 0.264 e. The molecule has 0 bridgehead atoms. The molecule has 98 valence electrons. The summed E-state index contributed by atoms with van der Waals surface area (Å²) in [5.41, 5.74) is 0.982. The van der Waals surface area contributed by atoms with Gasteiger partial charge < -0.3 is 0 Å². The summed E-state index contributed by atoms with van der Waals surface area (Å²) in [5.74, 6) is -0.515. The van der Waals surface area contributed by atoms with Gasteiger partial charge >= 0.3 is 0 Å². The highest BCUT2D eigenvalue weighted by molar-refractivity contribution is 7.90. The summed E-state index contributed by atoms with van der Waals surface area (Å²) in [6, 6.07) is 6.46. The van der Waals surface area contributed by atoms with Gasteiger partial charge in [0.2, 0.25) is 5.91 Å². The monoisotopic (exact) mass is 267 g/mol. The van der Waals surface area contributed by atoms with Crippen molar-refractivity contribution in [2.75, 3.05) is 0 Å². The summed E-state index contributed by atoms with van der Waals surface area (Å²) >= 11 is 0. The Hall–Kier alpha value is -1.36. The first-order chi connectivity index (χ1) is 8.49. The zero-order valence-corrected chi connectivity index (χ0v) is 11.2. The number of sulfonamides is 1. The van der Waals surface area contributed by atoms with Gasteiger partial charge in [-0.25, -0.2) is 13.1 Å². The topological polar surface area (TPSA) is 63.2 Å². The Morgan fingerprint density at radius 1 is 1.17 bits per heavy atom. The van der Waals surface area contributed by atoms with Crippen molar-refractivity contribution in [3.05, 3.63) is 29.8 Å². The van der Waals surface area contributed by atoms with E-state index in [0.717, 1.165) is 31.2 Å². The molecule has 0 aliphatic heterocycles. The second-order valence-electron chi connectivity index (χ2n) is 4.76. The second-order valence-corrected chi connectivity index (χ2v) is 6.45. The first kappa shape index (κ1) is 13.1. The molecule has 1 fully saturated rings. The molecule has 1 aromatic carbocycles. The number of rotatable bonds is 3. The molecule has 0 aromatic heterocycles. The minimum absolute atomic E-state index is 0.138. The van der Waals surface area contributed by atoms with Crippen LogP contribution in [0.1, 0.15) is 31.2 Å². The van der Waals surface area contributed by atoms with E-state index in [0.29, 0.717) is 0 Å². The summed E-state index contributed by atoms with van der Waals surface area (Å²) in [7, 11) is -3.71. The quantitative estimate of drug-likeness (QED) is 0.911. The molecule has 18 heavy (non-hydrogen) atoms. The number of benzene rings is 1. The fourth-order valence-electron chi connectivity index (χ4n) is 2.18. The van der Waals surface area contributed by atoms with E-state index in [1.807, 2.05) is 6.92 Å². The fraction of sp³-hybridized carbons (Fsp3) is 0.462. The minimum Gasteiger partial charge on any atom is -0.274 e. The third kappa shape index (κ3) is 2.90. The fourth-order valence-corrected chi connectivity index (χ4v) is 3.22. The van der Waals surface area contributed by atoms with E-state index in [1.165, 1.54) is 12.1 Å². The summed E-state index contributed by atoms with van der Waals surface area (Å²) in [5, 5.41) is 0. The van der Waals surface area contributed by atoms with Crippen LogP contribution in [0, 0.1) is 12.8 Å². The molecule has 1 saturated carbocycles. The molecule has 1 N–H and O–H groups in total. The Kier molecular flexibility index (Phi) is 3.71. The second kappa shape index (κ2) is 5.10. The maximum absolute atomic E-state index is 12.0. The normalized spacial score (nSPS) is 16.7. The van der Waals surface area contributed by atoms with Crippen LogP contribution in [-0.2, 0) is 14.8 Å². The smallest absolute Gasteiger partial charge is 0.264 e. The number of carbonyl (C=O) groups excluding carboxylic acids is 1. The van der Waals surface area contributed by atoms with E-state index in [9.17, 15) is 13.2 Å². The average Bonchev–Trinajstić information content (AvgIpc) is 2.82. The Morgan fingerprint density at radius 2 is 1.72 bits per heavy atom. The molecule has 1 aliphatic rings. The molecule has 5 heteroatoms. The predicted octanol–water partition coefficient (Wildman–Crippen LogP) is 1.99. The van der Waals surface area contributed by atoms with Crippen LogP contribution in [0.3, 0.4) is 0 Å². The summed E-state index contributed by atoms with van der Waals surface area (Å²) in [6.07, 6.45) is 3.58. The third-order valence-corrected chi connectivity index (χ3v) is 4.65. The van der Waals surface area contributed by atoms with Gasteiger partial charge in [-0.15, -0.1) is 0 Å². The number of aryl methyl sites for hydroxylation is 1. The van der Waals surface area contributed by atoms with Gasteiger partial charge in [-0.2, -0.15) is 0 Å². The lowest BCUT2D eigenvalue weighted by atomic mass is 10.1. The van der Waals surface area contributed by atoms with E-state index < -0.39 is 10.0 Å². The van der Waals surface area contributed by atoms with Gasteiger partial charge in [-0.3, -0.25) is 4.79 Å². The van der Waals surface area contributed by atoms with Crippen molar-refractivity contribution >= 4 is 15.9 Å². The summed E-state index contributed by atoms with van der Waals surface area (Å²) in [4.78, 5) is 11.9. The predicted molar refractivity (Wildman–Crippen MR) is 68.5 cm³/mol. The zero-order chi connectivity index (χ0) is 13.2. The van der Waals surface area contributed by atoms with E-state index in [-0.39, 0.29) is 16.7 Å². The molecule has 0 spiro atoms. The van der Waals surface area contributed by atoms with Gasteiger partial charge in [-0.05, 0) is 31.9 Å². The van der Waals surface area contributed by atoms with Crippen molar-refractivity contribution in [2.24, 2.45) is 5.92 Å². The molecule has 0 radical (unpaired) electrons. The molecule has 4 nitrogen and oxygen atoms in total. The Labute approximate surface area is 107 Å². The molecule has 0 heterocycles. The minimum atomic E-state index is -3.71. The summed E-state index contributed by atoms with van der Waals surface area (Å²) < 4.78 is 26.1. The first-order valence-electron chi connectivity index (χ1n) is 6.12. The first-order valence-corrected chi connectivity index (χ1v) is 7.61. The lowest BCUT2D eigenvalue weighted by molar-refractivity contribution is -0.122. The van der Waals surface area contributed by atoms with Crippen molar-refractivity contribution in [3.8, 4) is 0 Å².